The van der Waals surface area contributed by atoms with Gasteiger partial charge in [0.25, 0.3) is 0 Å². The quantitative estimate of drug-likeness (QED) is 0.292. The van der Waals surface area contributed by atoms with E-state index in [2.05, 4.69) is 0 Å². The Bertz CT molecular complexity index is 915. The van der Waals surface area contributed by atoms with Gasteiger partial charge in [-0.3, -0.25) is 4.79 Å². The average Bonchev–Trinajstić information content (AvgIpc) is 2.70. The van der Waals surface area contributed by atoms with Crippen molar-refractivity contribution in [1.29, 1.82) is 0 Å². The van der Waals surface area contributed by atoms with Crippen LogP contribution < -0.4 is 4.74 Å². The van der Waals surface area contributed by atoms with Crippen LogP contribution in [0.15, 0.2) is 84.9 Å². The highest BCUT2D eigenvalue weighted by Crippen LogP contribution is 2.63. The number of hydrogen-bond donors (Lipinski definition) is 1. The minimum atomic E-state index is -2.78. The molecule has 28 heavy (non-hydrogen) atoms. The van der Waals surface area contributed by atoms with E-state index >= 15 is 0 Å². The van der Waals surface area contributed by atoms with Crippen molar-refractivity contribution < 1.29 is 19.2 Å². The Labute approximate surface area is 168 Å². The number of carbonyl (C=O) groups is 1. The first kappa shape index (κ1) is 20.2. The predicted molar refractivity (Wildman–Crippen MR) is 114 cm³/mol. The van der Waals surface area contributed by atoms with Gasteiger partial charge in [-0.15, -0.1) is 0 Å². The molecule has 0 aromatic heterocycles. The maximum atomic E-state index is 13.7. The van der Waals surface area contributed by atoms with Crippen LogP contribution >= 0.6 is 17.7 Å². The van der Waals surface area contributed by atoms with Crippen LogP contribution in [0.3, 0.4) is 0 Å². The number of hydrogen-bond acceptors (Lipinski definition) is 5. The molecule has 0 bridgehead atoms. The Morgan fingerprint density at radius 2 is 1.32 bits per heavy atom. The summed E-state index contributed by atoms with van der Waals surface area (Å²) in [4.78, 5) is 12.2. The Hall–Kier alpha value is -2.49. The van der Waals surface area contributed by atoms with Gasteiger partial charge >= 0.3 is 5.97 Å². The lowest BCUT2D eigenvalue weighted by atomic mass is 10.2. The highest BCUT2D eigenvalue weighted by atomic mass is 32.7. The fourth-order valence-electron chi connectivity index (χ4n) is 2.74. The molecule has 0 saturated carbocycles. The summed E-state index contributed by atoms with van der Waals surface area (Å²) in [6, 6.07) is 25.6. The van der Waals surface area contributed by atoms with Crippen molar-refractivity contribution in [2.75, 3.05) is 5.75 Å². The van der Waals surface area contributed by atoms with E-state index in [1.807, 2.05) is 60.7 Å². The molecule has 1 N–H and O–H groups in total. The first-order valence-corrected chi connectivity index (χ1v) is 12.5. The molecule has 0 spiro atoms. The van der Waals surface area contributed by atoms with Crippen molar-refractivity contribution in [3.05, 3.63) is 96.1 Å². The monoisotopic (exact) mass is 412 g/mol. The van der Waals surface area contributed by atoms with Gasteiger partial charge in [0.05, 0.1) is 5.75 Å². The van der Waals surface area contributed by atoms with E-state index in [1.54, 1.807) is 12.1 Å². The summed E-state index contributed by atoms with van der Waals surface area (Å²) in [6.07, 6.45) is -1.98. The van der Waals surface area contributed by atoms with E-state index in [-0.39, 0.29) is 17.3 Å². The molecule has 0 aliphatic rings. The predicted octanol–water partition coefficient (Wildman–Crippen LogP) is 5.71. The molecule has 3 aromatic carbocycles. The summed E-state index contributed by atoms with van der Waals surface area (Å²) in [6.45, 7) is 0. The molecule has 0 amide bonds. The van der Waals surface area contributed by atoms with Gasteiger partial charge in [-0.2, -0.15) is 0 Å². The Kier molecular flexibility index (Phi) is 6.96. The first-order chi connectivity index (χ1) is 13.5. The lowest BCUT2D eigenvalue weighted by Crippen LogP contribution is -2.11. The van der Waals surface area contributed by atoms with E-state index in [9.17, 15) is 14.5 Å². The number of carbonyl (C=O) groups excluding carboxylic acids is 1. The van der Waals surface area contributed by atoms with E-state index in [0.29, 0.717) is 12.3 Å². The van der Waals surface area contributed by atoms with E-state index in [4.69, 9.17) is 4.74 Å². The van der Waals surface area contributed by atoms with Crippen LogP contribution in [0.4, 0.5) is 0 Å². The highest BCUT2D eigenvalue weighted by molar-refractivity contribution is 8.57. The van der Waals surface area contributed by atoms with Crippen LogP contribution in [0.5, 0.6) is 11.5 Å². The SMILES string of the molecule is O=C(CSP(=O)(Cc1ccccc1)Cc1ccccc1)Oc1ccccc1O. The summed E-state index contributed by atoms with van der Waals surface area (Å²) in [5.74, 6) is -0.579. The zero-order chi connectivity index (χ0) is 19.8. The zero-order valence-electron chi connectivity index (χ0n) is 15.2. The van der Waals surface area contributed by atoms with Crippen LogP contribution in [0.25, 0.3) is 0 Å². The lowest BCUT2D eigenvalue weighted by Gasteiger charge is -2.18. The van der Waals surface area contributed by atoms with Gasteiger partial charge < -0.3 is 14.4 Å². The van der Waals surface area contributed by atoms with Crippen molar-refractivity contribution in [2.45, 2.75) is 12.3 Å². The minimum absolute atomic E-state index is 0.0503. The molecule has 3 rings (SSSR count). The molecule has 144 valence electrons. The molecule has 0 aliphatic carbocycles. The van der Waals surface area contributed by atoms with E-state index in [0.717, 1.165) is 22.5 Å². The molecule has 0 fully saturated rings. The Morgan fingerprint density at radius 1 is 0.821 bits per heavy atom. The van der Waals surface area contributed by atoms with E-state index < -0.39 is 12.3 Å². The molecule has 4 nitrogen and oxygen atoms in total. The molecule has 0 saturated heterocycles. The summed E-state index contributed by atoms with van der Waals surface area (Å²) >= 11 is 1.15. The number of aromatic hydroxyl groups is 1. The Balaban J connectivity index is 1.70. The van der Waals surface area contributed by atoms with Gasteiger partial charge in [0.1, 0.15) is 6.34 Å². The smallest absolute Gasteiger partial charge is 0.321 e. The van der Waals surface area contributed by atoms with Gasteiger partial charge in [0, 0.05) is 12.3 Å². The van der Waals surface area contributed by atoms with Crippen molar-refractivity contribution in [3.8, 4) is 11.5 Å². The fourth-order valence-corrected chi connectivity index (χ4v) is 7.43. The number of benzene rings is 3. The second-order valence-corrected chi connectivity index (χ2v) is 11.9. The summed E-state index contributed by atoms with van der Waals surface area (Å²) in [5.41, 5.74) is 1.95. The third kappa shape index (κ3) is 6.01. The molecular formula is C22H21O4PS. The fraction of sp³-hybridized carbons (Fsp3) is 0.136. The normalized spacial score (nSPS) is 11.1. The molecule has 6 heteroatoms. The Morgan fingerprint density at radius 3 is 1.86 bits per heavy atom. The van der Waals surface area contributed by atoms with Crippen molar-refractivity contribution in [1.82, 2.24) is 0 Å². The largest absolute Gasteiger partial charge is 0.504 e. The van der Waals surface area contributed by atoms with Gasteiger partial charge in [-0.25, -0.2) is 0 Å². The maximum absolute atomic E-state index is 13.7. The number of rotatable bonds is 8. The van der Waals surface area contributed by atoms with Gasteiger partial charge in [-0.1, -0.05) is 84.2 Å². The first-order valence-electron chi connectivity index (χ1n) is 8.83. The topological polar surface area (TPSA) is 63.6 Å². The molecule has 3 aromatic rings. The number of para-hydroxylation sites is 2. The van der Waals surface area contributed by atoms with Gasteiger partial charge in [0.2, 0.25) is 0 Å². The number of phenols is 1. The van der Waals surface area contributed by atoms with Crippen LogP contribution in [0.1, 0.15) is 11.1 Å². The van der Waals surface area contributed by atoms with Crippen LogP contribution in [0, 0.1) is 0 Å². The third-order valence-corrected chi connectivity index (χ3v) is 9.14. The second kappa shape index (κ2) is 9.63. The van der Waals surface area contributed by atoms with Crippen LogP contribution in [0.2, 0.25) is 0 Å². The minimum Gasteiger partial charge on any atom is -0.504 e. The third-order valence-electron chi connectivity index (χ3n) is 4.04. The van der Waals surface area contributed by atoms with Crippen LogP contribution in [-0.2, 0) is 21.7 Å². The van der Waals surface area contributed by atoms with Gasteiger partial charge in [-0.05, 0) is 23.3 Å². The highest BCUT2D eigenvalue weighted by Gasteiger charge is 2.26. The second-order valence-electron chi connectivity index (χ2n) is 6.32. The molecule has 0 radical (unpaired) electrons. The zero-order valence-corrected chi connectivity index (χ0v) is 16.9. The van der Waals surface area contributed by atoms with E-state index in [1.165, 1.54) is 12.1 Å². The van der Waals surface area contributed by atoms with Crippen molar-refractivity contribution in [2.24, 2.45) is 0 Å². The van der Waals surface area contributed by atoms with Crippen molar-refractivity contribution >= 4 is 23.7 Å². The lowest BCUT2D eigenvalue weighted by molar-refractivity contribution is -0.131. The maximum Gasteiger partial charge on any atom is 0.321 e. The number of ether oxygens (including phenoxy) is 1. The summed E-state index contributed by atoms with van der Waals surface area (Å²) in [7, 11) is 0. The van der Waals surface area contributed by atoms with Crippen molar-refractivity contribution in [3.63, 3.8) is 0 Å². The molecule has 0 unspecified atom stereocenters. The molecule has 0 heterocycles. The standard InChI is InChI=1S/C22H21O4PS/c23-20-13-7-8-14-21(20)26-22(24)17-28-27(25,15-18-9-3-1-4-10-18)16-19-11-5-2-6-12-19/h1-14,23H,15-17H2. The number of esters is 1. The van der Waals surface area contributed by atoms with Gasteiger partial charge in [0.15, 0.2) is 11.5 Å². The number of phenolic OH excluding ortho intramolecular Hbond substituents is 1. The molecule has 0 aliphatic heterocycles. The average molecular weight is 412 g/mol. The molecular weight excluding hydrogens is 391 g/mol. The molecule has 0 atom stereocenters. The summed E-state index contributed by atoms with van der Waals surface area (Å²) in [5, 5.41) is 9.74. The van der Waals surface area contributed by atoms with Crippen LogP contribution in [-0.4, -0.2) is 16.8 Å². The summed E-state index contributed by atoms with van der Waals surface area (Å²) < 4.78 is 18.9.